The van der Waals surface area contributed by atoms with Gasteiger partial charge in [0.05, 0.1) is 17.9 Å². The van der Waals surface area contributed by atoms with Gasteiger partial charge in [0.2, 0.25) is 0 Å². The molecule has 0 bridgehead atoms. The van der Waals surface area contributed by atoms with Gasteiger partial charge in [0.1, 0.15) is 5.82 Å². The molecule has 0 aromatic carbocycles. The Labute approximate surface area is 112 Å². The van der Waals surface area contributed by atoms with Crippen LogP contribution in [-0.4, -0.2) is 14.5 Å². The summed E-state index contributed by atoms with van der Waals surface area (Å²) in [5, 5.41) is 3.26. The maximum atomic E-state index is 11.6. The molecule has 0 aliphatic carbocycles. The SMILES string of the molecule is CCCn1cc(NCc2ccnc(C)n2)ccc1=O. The predicted molar refractivity (Wildman–Crippen MR) is 75.1 cm³/mol. The highest BCUT2D eigenvalue weighted by Gasteiger charge is 1.99. The zero-order valence-electron chi connectivity index (χ0n) is 11.3. The number of hydrogen-bond donors (Lipinski definition) is 1. The maximum Gasteiger partial charge on any atom is 0.250 e. The summed E-state index contributed by atoms with van der Waals surface area (Å²) < 4.78 is 1.72. The number of pyridine rings is 1. The largest absolute Gasteiger partial charge is 0.378 e. The van der Waals surface area contributed by atoms with E-state index in [0.717, 1.165) is 30.2 Å². The minimum atomic E-state index is 0.0327. The van der Waals surface area contributed by atoms with Gasteiger partial charge in [-0.05, 0) is 25.5 Å². The number of hydrogen-bond acceptors (Lipinski definition) is 4. The second-order valence-electron chi connectivity index (χ2n) is 4.40. The lowest BCUT2D eigenvalue weighted by Gasteiger charge is -2.09. The first kappa shape index (κ1) is 13.3. The summed E-state index contributed by atoms with van der Waals surface area (Å²) in [7, 11) is 0. The van der Waals surface area contributed by atoms with Gasteiger partial charge in [0, 0.05) is 25.0 Å². The summed E-state index contributed by atoms with van der Waals surface area (Å²) in [5.74, 6) is 0.759. The Hall–Kier alpha value is -2.17. The molecule has 0 amide bonds. The van der Waals surface area contributed by atoms with E-state index in [-0.39, 0.29) is 5.56 Å². The minimum Gasteiger partial charge on any atom is -0.378 e. The van der Waals surface area contributed by atoms with Crippen LogP contribution < -0.4 is 10.9 Å². The van der Waals surface area contributed by atoms with Crippen LogP contribution in [0.3, 0.4) is 0 Å². The van der Waals surface area contributed by atoms with Gasteiger partial charge in [0.25, 0.3) is 5.56 Å². The van der Waals surface area contributed by atoms with Crippen LogP contribution in [0, 0.1) is 6.92 Å². The van der Waals surface area contributed by atoms with Crippen molar-refractivity contribution in [1.29, 1.82) is 0 Å². The third kappa shape index (κ3) is 3.64. The lowest BCUT2D eigenvalue weighted by atomic mass is 10.3. The van der Waals surface area contributed by atoms with E-state index in [1.807, 2.05) is 19.2 Å². The number of nitrogens with zero attached hydrogens (tertiary/aromatic N) is 3. The van der Waals surface area contributed by atoms with Crippen molar-refractivity contribution in [2.75, 3.05) is 5.32 Å². The van der Waals surface area contributed by atoms with Crippen LogP contribution in [0.15, 0.2) is 35.4 Å². The standard InChI is InChI=1S/C14H18N4O/c1-3-8-18-10-13(4-5-14(18)19)16-9-12-6-7-15-11(2)17-12/h4-7,10,16H,3,8-9H2,1-2H3. The van der Waals surface area contributed by atoms with E-state index in [1.54, 1.807) is 22.9 Å². The molecule has 0 aliphatic rings. The van der Waals surface area contributed by atoms with Crippen molar-refractivity contribution in [3.63, 3.8) is 0 Å². The highest BCUT2D eigenvalue weighted by atomic mass is 16.1. The summed E-state index contributed by atoms with van der Waals surface area (Å²) in [5.41, 5.74) is 1.88. The van der Waals surface area contributed by atoms with Gasteiger partial charge in [-0.1, -0.05) is 6.92 Å². The summed E-state index contributed by atoms with van der Waals surface area (Å²) in [6, 6.07) is 5.26. The zero-order chi connectivity index (χ0) is 13.7. The Kier molecular flexibility index (Phi) is 4.28. The highest BCUT2D eigenvalue weighted by molar-refractivity contribution is 5.40. The number of rotatable bonds is 5. The van der Waals surface area contributed by atoms with Crippen molar-refractivity contribution in [2.45, 2.75) is 33.4 Å². The number of aromatic nitrogens is 3. The average Bonchev–Trinajstić information content (AvgIpc) is 2.40. The third-order valence-corrected chi connectivity index (χ3v) is 2.76. The quantitative estimate of drug-likeness (QED) is 0.890. The Bertz CT molecular complexity index is 606. The van der Waals surface area contributed by atoms with Crippen molar-refractivity contribution in [3.05, 3.63) is 52.5 Å². The first-order valence-electron chi connectivity index (χ1n) is 6.42. The lowest BCUT2D eigenvalue weighted by Crippen LogP contribution is -2.18. The lowest BCUT2D eigenvalue weighted by molar-refractivity contribution is 0.655. The molecule has 0 spiro atoms. The van der Waals surface area contributed by atoms with E-state index in [2.05, 4.69) is 22.2 Å². The monoisotopic (exact) mass is 258 g/mol. The molecule has 0 radical (unpaired) electrons. The summed E-state index contributed by atoms with van der Waals surface area (Å²) >= 11 is 0. The van der Waals surface area contributed by atoms with E-state index >= 15 is 0 Å². The second kappa shape index (κ2) is 6.13. The molecular formula is C14H18N4O. The van der Waals surface area contributed by atoms with Crippen LogP contribution in [0.1, 0.15) is 24.9 Å². The third-order valence-electron chi connectivity index (χ3n) is 2.76. The Morgan fingerprint density at radius 2 is 2.16 bits per heavy atom. The Balaban J connectivity index is 2.07. The second-order valence-corrected chi connectivity index (χ2v) is 4.40. The first-order valence-corrected chi connectivity index (χ1v) is 6.42. The normalized spacial score (nSPS) is 10.4. The Morgan fingerprint density at radius 1 is 1.32 bits per heavy atom. The van der Waals surface area contributed by atoms with E-state index < -0.39 is 0 Å². The molecule has 0 saturated heterocycles. The molecule has 2 aromatic heterocycles. The molecule has 0 aliphatic heterocycles. The first-order chi connectivity index (χ1) is 9.19. The summed E-state index contributed by atoms with van der Waals surface area (Å²) in [6.07, 6.45) is 4.53. The Morgan fingerprint density at radius 3 is 2.89 bits per heavy atom. The van der Waals surface area contributed by atoms with Gasteiger partial charge in [-0.15, -0.1) is 0 Å². The minimum absolute atomic E-state index is 0.0327. The molecular weight excluding hydrogens is 240 g/mol. The molecule has 2 rings (SSSR count). The molecule has 19 heavy (non-hydrogen) atoms. The van der Waals surface area contributed by atoms with Gasteiger partial charge >= 0.3 is 0 Å². The summed E-state index contributed by atoms with van der Waals surface area (Å²) in [4.78, 5) is 20.0. The molecule has 0 fully saturated rings. The van der Waals surface area contributed by atoms with Crippen LogP contribution >= 0.6 is 0 Å². The molecule has 5 nitrogen and oxygen atoms in total. The smallest absolute Gasteiger partial charge is 0.250 e. The van der Waals surface area contributed by atoms with Crippen molar-refractivity contribution in [2.24, 2.45) is 0 Å². The molecule has 5 heteroatoms. The topological polar surface area (TPSA) is 59.8 Å². The maximum absolute atomic E-state index is 11.6. The molecule has 1 N–H and O–H groups in total. The fraction of sp³-hybridized carbons (Fsp3) is 0.357. The van der Waals surface area contributed by atoms with Crippen molar-refractivity contribution >= 4 is 5.69 Å². The molecule has 100 valence electrons. The van der Waals surface area contributed by atoms with E-state index in [0.29, 0.717) is 6.54 Å². The molecule has 2 heterocycles. The number of nitrogens with one attached hydrogen (secondary N) is 1. The van der Waals surface area contributed by atoms with Gasteiger partial charge in [-0.2, -0.15) is 0 Å². The molecule has 0 saturated carbocycles. The van der Waals surface area contributed by atoms with Gasteiger partial charge < -0.3 is 9.88 Å². The van der Waals surface area contributed by atoms with Crippen molar-refractivity contribution < 1.29 is 0 Å². The fourth-order valence-corrected chi connectivity index (χ4v) is 1.85. The van der Waals surface area contributed by atoms with Gasteiger partial charge in [0.15, 0.2) is 0 Å². The zero-order valence-corrected chi connectivity index (χ0v) is 11.3. The van der Waals surface area contributed by atoms with Crippen molar-refractivity contribution in [1.82, 2.24) is 14.5 Å². The number of anilines is 1. The van der Waals surface area contributed by atoms with Crippen LogP contribution in [0.5, 0.6) is 0 Å². The summed E-state index contributed by atoms with van der Waals surface area (Å²) in [6.45, 7) is 5.27. The molecule has 0 atom stereocenters. The van der Waals surface area contributed by atoms with Crippen LogP contribution in [0.25, 0.3) is 0 Å². The van der Waals surface area contributed by atoms with Crippen molar-refractivity contribution in [3.8, 4) is 0 Å². The number of aryl methyl sites for hydroxylation is 2. The predicted octanol–water partition coefficient (Wildman–Crippen LogP) is 1.97. The van der Waals surface area contributed by atoms with Gasteiger partial charge in [-0.3, -0.25) is 4.79 Å². The van der Waals surface area contributed by atoms with E-state index in [4.69, 9.17) is 0 Å². The van der Waals surface area contributed by atoms with E-state index in [1.165, 1.54) is 0 Å². The van der Waals surface area contributed by atoms with Crippen LogP contribution in [0.2, 0.25) is 0 Å². The average molecular weight is 258 g/mol. The van der Waals surface area contributed by atoms with E-state index in [9.17, 15) is 4.79 Å². The van der Waals surface area contributed by atoms with Crippen LogP contribution in [0.4, 0.5) is 5.69 Å². The van der Waals surface area contributed by atoms with Gasteiger partial charge in [-0.25, -0.2) is 9.97 Å². The molecule has 0 unspecified atom stereocenters. The molecule has 2 aromatic rings. The fourth-order valence-electron chi connectivity index (χ4n) is 1.85. The highest BCUT2D eigenvalue weighted by Crippen LogP contribution is 2.06. The van der Waals surface area contributed by atoms with Crippen LogP contribution in [-0.2, 0) is 13.1 Å².